The highest BCUT2D eigenvalue weighted by atomic mass is 16.6. The van der Waals surface area contributed by atoms with E-state index in [-0.39, 0.29) is 5.97 Å². The number of nitrogens with zero attached hydrogens (tertiary/aromatic N) is 2. The smallest absolute Gasteiger partial charge is 0.331 e. The Balaban J connectivity index is 2.28. The highest BCUT2D eigenvalue weighted by Crippen LogP contribution is 2.20. The topological polar surface area (TPSA) is 44.1 Å². The van der Waals surface area contributed by atoms with Gasteiger partial charge in [0, 0.05) is 5.39 Å². The van der Waals surface area contributed by atoms with Gasteiger partial charge in [-0.3, -0.25) is 4.68 Å². The normalized spacial score (nSPS) is 13.6. The maximum atomic E-state index is 12.0. The average Bonchev–Trinajstić information content (AvgIpc) is 2.69. The number of rotatable bonds is 2. The van der Waals surface area contributed by atoms with E-state index in [2.05, 4.69) is 5.10 Å². The first-order chi connectivity index (χ1) is 8.38. The van der Waals surface area contributed by atoms with E-state index in [1.165, 1.54) is 0 Å². The molecule has 0 spiro atoms. The molecule has 4 nitrogen and oxygen atoms in total. The fourth-order valence-electron chi connectivity index (χ4n) is 1.79. The van der Waals surface area contributed by atoms with Gasteiger partial charge in [-0.05, 0) is 33.8 Å². The van der Waals surface area contributed by atoms with Crippen molar-refractivity contribution in [1.29, 1.82) is 0 Å². The summed E-state index contributed by atoms with van der Waals surface area (Å²) in [4.78, 5) is 12.0. The standard InChI is InChI=1S/C14H18N2O2/c1-10(13(17)18-14(2,3)4)16-12-8-6-5-7-11(12)9-15-16/h5-10H,1-4H3. The molecule has 0 amide bonds. The fourth-order valence-corrected chi connectivity index (χ4v) is 1.79. The third kappa shape index (κ3) is 2.53. The van der Waals surface area contributed by atoms with Crippen LogP contribution in [0.3, 0.4) is 0 Å². The Hall–Kier alpha value is -1.84. The molecular formula is C14H18N2O2. The SMILES string of the molecule is CC(C(=O)OC(C)(C)C)n1ncc2ccccc21. The van der Waals surface area contributed by atoms with Crippen molar-refractivity contribution < 1.29 is 9.53 Å². The molecule has 1 atom stereocenters. The molecule has 0 saturated carbocycles. The van der Waals surface area contributed by atoms with E-state index in [1.54, 1.807) is 17.8 Å². The highest BCUT2D eigenvalue weighted by Gasteiger charge is 2.24. The van der Waals surface area contributed by atoms with Crippen LogP contribution in [0.25, 0.3) is 10.9 Å². The van der Waals surface area contributed by atoms with Crippen LogP contribution in [-0.4, -0.2) is 21.4 Å². The van der Waals surface area contributed by atoms with Crippen molar-refractivity contribution in [2.24, 2.45) is 0 Å². The van der Waals surface area contributed by atoms with Crippen LogP contribution in [0, 0.1) is 0 Å². The van der Waals surface area contributed by atoms with E-state index in [0.29, 0.717) is 0 Å². The van der Waals surface area contributed by atoms with Gasteiger partial charge in [0.15, 0.2) is 0 Å². The van der Waals surface area contributed by atoms with Crippen molar-refractivity contribution in [3.63, 3.8) is 0 Å². The summed E-state index contributed by atoms with van der Waals surface area (Å²) in [6, 6.07) is 7.38. The van der Waals surface area contributed by atoms with Gasteiger partial charge in [0.05, 0.1) is 11.7 Å². The average molecular weight is 246 g/mol. The summed E-state index contributed by atoms with van der Waals surface area (Å²) >= 11 is 0. The predicted molar refractivity (Wildman–Crippen MR) is 70.3 cm³/mol. The molecule has 0 radical (unpaired) electrons. The van der Waals surface area contributed by atoms with Crippen molar-refractivity contribution >= 4 is 16.9 Å². The molecule has 0 saturated heterocycles. The summed E-state index contributed by atoms with van der Waals surface area (Å²) in [5.41, 5.74) is 0.463. The Morgan fingerprint density at radius 2 is 2.00 bits per heavy atom. The monoisotopic (exact) mass is 246 g/mol. The summed E-state index contributed by atoms with van der Waals surface area (Å²) < 4.78 is 7.07. The number of carbonyl (C=O) groups excluding carboxylic acids is 1. The molecule has 1 unspecified atom stereocenters. The highest BCUT2D eigenvalue weighted by molar-refractivity contribution is 5.82. The molecule has 1 aromatic heterocycles. The number of para-hydroxylation sites is 1. The third-order valence-electron chi connectivity index (χ3n) is 2.62. The lowest BCUT2D eigenvalue weighted by Gasteiger charge is -2.22. The zero-order valence-electron chi connectivity index (χ0n) is 11.2. The van der Waals surface area contributed by atoms with Gasteiger partial charge in [0.25, 0.3) is 0 Å². The molecule has 0 aliphatic heterocycles. The minimum atomic E-state index is -0.478. The van der Waals surface area contributed by atoms with Crippen LogP contribution in [0.4, 0.5) is 0 Å². The summed E-state index contributed by atoms with van der Waals surface area (Å²) in [7, 11) is 0. The van der Waals surface area contributed by atoms with Gasteiger partial charge in [0.2, 0.25) is 0 Å². The number of hydrogen-bond acceptors (Lipinski definition) is 3. The first-order valence-corrected chi connectivity index (χ1v) is 6.03. The molecule has 2 aromatic rings. The van der Waals surface area contributed by atoms with Gasteiger partial charge in [0.1, 0.15) is 11.6 Å². The van der Waals surface area contributed by atoms with Crippen molar-refractivity contribution in [2.75, 3.05) is 0 Å². The Morgan fingerprint density at radius 3 is 2.67 bits per heavy atom. The van der Waals surface area contributed by atoms with Crippen molar-refractivity contribution in [3.05, 3.63) is 30.5 Å². The first-order valence-electron chi connectivity index (χ1n) is 6.03. The summed E-state index contributed by atoms with van der Waals surface area (Å²) in [5, 5.41) is 5.28. The lowest BCUT2D eigenvalue weighted by atomic mass is 10.2. The van der Waals surface area contributed by atoms with E-state index >= 15 is 0 Å². The second-order valence-corrected chi connectivity index (χ2v) is 5.36. The van der Waals surface area contributed by atoms with Crippen molar-refractivity contribution in [3.8, 4) is 0 Å². The molecule has 0 fully saturated rings. The molecular weight excluding hydrogens is 228 g/mol. The quantitative estimate of drug-likeness (QED) is 0.765. The molecule has 1 heterocycles. The molecule has 18 heavy (non-hydrogen) atoms. The van der Waals surface area contributed by atoms with Crippen LogP contribution < -0.4 is 0 Å². The van der Waals surface area contributed by atoms with Crippen molar-refractivity contribution in [1.82, 2.24) is 9.78 Å². The summed E-state index contributed by atoms with van der Waals surface area (Å²) in [6.45, 7) is 7.38. The van der Waals surface area contributed by atoms with Crippen LogP contribution in [0.5, 0.6) is 0 Å². The largest absolute Gasteiger partial charge is 0.458 e. The molecule has 0 N–H and O–H groups in total. The van der Waals surface area contributed by atoms with Gasteiger partial charge < -0.3 is 4.74 Å². The van der Waals surface area contributed by atoms with Gasteiger partial charge in [-0.1, -0.05) is 18.2 Å². The maximum absolute atomic E-state index is 12.0. The number of esters is 1. The van der Waals surface area contributed by atoms with Gasteiger partial charge in [-0.15, -0.1) is 0 Å². The Morgan fingerprint density at radius 1 is 1.33 bits per heavy atom. The molecule has 96 valence electrons. The zero-order valence-corrected chi connectivity index (χ0v) is 11.2. The zero-order chi connectivity index (χ0) is 13.3. The van der Waals surface area contributed by atoms with E-state index in [4.69, 9.17) is 4.74 Å². The number of benzene rings is 1. The number of aromatic nitrogens is 2. The van der Waals surface area contributed by atoms with Crippen molar-refractivity contribution in [2.45, 2.75) is 39.3 Å². The predicted octanol–water partition coefficient (Wildman–Crippen LogP) is 2.94. The summed E-state index contributed by atoms with van der Waals surface area (Å²) in [5.74, 6) is -0.267. The lowest BCUT2D eigenvalue weighted by Crippen LogP contribution is -2.29. The van der Waals surface area contributed by atoms with Gasteiger partial charge >= 0.3 is 5.97 Å². The number of carbonyl (C=O) groups is 1. The molecule has 0 aliphatic carbocycles. The first kappa shape index (κ1) is 12.6. The number of fused-ring (bicyclic) bond motifs is 1. The number of hydrogen-bond donors (Lipinski definition) is 0. The van der Waals surface area contributed by atoms with Crippen LogP contribution in [0.2, 0.25) is 0 Å². The van der Waals surface area contributed by atoms with E-state index < -0.39 is 11.6 Å². The summed E-state index contributed by atoms with van der Waals surface area (Å²) in [6.07, 6.45) is 1.76. The van der Waals surface area contributed by atoms with E-state index in [1.807, 2.05) is 45.0 Å². The molecule has 4 heteroatoms. The lowest BCUT2D eigenvalue weighted by molar-refractivity contribution is -0.158. The Bertz CT molecular complexity index is 566. The van der Waals surface area contributed by atoms with Crippen LogP contribution >= 0.6 is 0 Å². The molecule has 2 rings (SSSR count). The van der Waals surface area contributed by atoms with Crippen LogP contribution in [-0.2, 0) is 9.53 Å². The molecule has 0 bridgehead atoms. The van der Waals surface area contributed by atoms with E-state index in [9.17, 15) is 4.79 Å². The minimum Gasteiger partial charge on any atom is -0.458 e. The second-order valence-electron chi connectivity index (χ2n) is 5.36. The van der Waals surface area contributed by atoms with E-state index in [0.717, 1.165) is 10.9 Å². The Kier molecular flexibility index (Phi) is 3.11. The van der Waals surface area contributed by atoms with Crippen LogP contribution in [0.15, 0.2) is 30.5 Å². The third-order valence-corrected chi connectivity index (χ3v) is 2.62. The Labute approximate surface area is 107 Å². The number of ether oxygens (including phenoxy) is 1. The second kappa shape index (κ2) is 4.44. The fraction of sp³-hybridized carbons (Fsp3) is 0.429. The van der Waals surface area contributed by atoms with Gasteiger partial charge in [-0.25, -0.2) is 4.79 Å². The maximum Gasteiger partial charge on any atom is 0.331 e. The minimum absolute atomic E-state index is 0.267. The molecule has 1 aromatic carbocycles. The van der Waals surface area contributed by atoms with Crippen LogP contribution in [0.1, 0.15) is 33.7 Å². The van der Waals surface area contributed by atoms with Gasteiger partial charge in [-0.2, -0.15) is 5.10 Å². The molecule has 0 aliphatic rings.